The van der Waals surface area contributed by atoms with Gasteiger partial charge in [-0.2, -0.15) is 0 Å². The van der Waals surface area contributed by atoms with Crippen LogP contribution in [0.15, 0.2) is 66.7 Å². The van der Waals surface area contributed by atoms with E-state index in [1.807, 2.05) is 59.5 Å². The van der Waals surface area contributed by atoms with Gasteiger partial charge in [-0.3, -0.25) is 4.79 Å². The topological polar surface area (TPSA) is 54.0 Å². The first-order valence-electron chi connectivity index (χ1n) is 10.5. The quantitative estimate of drug-likeness (QED) is 0.546. The first-order valence-corrected chi connectivity index (χ1v) is 11.3. The third-order valence-electron chi connectivity index (χ3n) is 6.23. The summed E-state index contributed by atoms with van der Waals surface area (Å²) >= 11 is 12.2. The van der Waals surface area contributed by atoms with Gasteiger partial charge >= 0.3 is 0 Å². The highest BCUT2D eigenvalue weighted by Gasteiger charge is 2.58. The zero-order valence-corrected chi connectivity index (χ0v) is 19.7. The van der Waals surface area contributed by atoms with Crippen molar-refractivity contribution in [1.29, 1.82) is 0 Å². The molecule has 2 aliphatic rings. The van der Waals surface area contributed by atoms with E-state index in [2.05, 4.69) is 10.2 Å². The molecule has 2 aliphatic heterocycles. The lowest BCUT2D eigenvalue weighted by Crippen LogP contribution is -2.52. The maximum absolute atomic E-state index is 13.4. The van der Waals surface area contributed by atoms with Gasteiger partial charge in [0, 0.05) is 46.9 Å². The van der Waals surface area contributed by atoms with E-state index in [9.17, 15) is 4.79 Å². The molecular formula is C25H22ClN3O3S. The van der Waals surface area contributed by atoms with E-state index in [0.717, 1.165) is 11.1 Å². The van der Waals surface area contributed by atoms with Crippen LogP contribution in [0, 0.1) is 0 Å². The highest BCUT2D eigenvalue weighted by atomic mass is 35.5. The van der Waals surface area contributed by atoms with Crippen LogP contribution in [0.1, 0.15) is 21.5 Å². The van der Waals surface area contributed by atoms with Crippen LogP contribution in [0.2, 0.25) is 5.02 Å². The Morgan fingerprint density at radius 1 is 1.00 bits per heavy atom. The molecule has 1 atom stereocenters. The Morgan fingerprint density at radius 3 is 2.30 bits per heavy atom. The molecule has 1 amide bonds. The number of methoxy groups -OCH3 is 2. The number of amides is 1. The standard InChI is InChI=1S/C25H22ClN3O3S/c1-31-20-14-17(26)15-21(32-2)22(20)27-24(33)29-13-12-28-23(30)18-10-6-7-11-19(18)25(28,29)16-8-4-3-5-9-16/h3-11,14-15H,12-13H2,1-2H3,(H,27,33). The fourth-order valence-corrected chi connectivity index (χ4v) is 5.41. The normalized spacial score (nSPS) is 18.7. The van der Waals surface area contributed by atoms with Gasteiger partial charge in [0.15, 0.2) is 10.8 Å². The molecule has 0 radical (unpaired) electrons. The van der Waals surface area contributed by atoms with Crippen LogP contribution < -0.4 is 14.8 Å². The monoisotopic (exact) mass is 479 g/mol. The molecule has 0 spiro atoms. The molecule has 1 unspecified atom stereocenters. The third-order valence-corrected chi connectivity index (χ3v) is 6.77. The lowest BCUT2D eigenvalue weighted by Gasteiger charge is -2.41. The first kappa shape index (κ1) is 21.6. The number of benzene rings is 3. The number of hydrogen-bond donors (Lipinski definition) is 1. The molecule has 1 saturated heterocycles. The summed E-state index contributed by atoms with van der Waals surface area (Å²) < 4.78 is 11.1. The van der Waals surface area contributed by atoms with E-state index in [1.54, 1.807) is 26.4 Å². The fourth-order valence-electron chi connectivity index (χ4n) is 4.89. The van der Waals surface area contributed by atoms with Gasteiger partial charge in [-0.1, -0.05) is 60.1 Å². The largest absolute Gasteiger partial charge is 0.494 e. The molecule has 5 rings (SSSR count). The predicted molar refractivity (Wildman–Crippen MR) is 132 cm³/mol. The van der Waals surface area contributed by atoms with Gasteiger partial charge in [0.2, 0.25) is 0 Å². The number of ether oxygens (including phenoxy) is 2. The summed E-state index contributed by atoms with van der Waals surface area (Å²) in [4.78, 5) is 17.4. The Balaban J connectivity index is 1.64. The van der Waals surface area contributed by atoms with Crippen molar-refractivity contribution < 1.29 is 14.3 Å². The molecule has 0 saturated carbocycles. The molecule has 1 N–H and O–H groups in total. The number of nitrogens with one attached hydrogen (secondary N) is 1. The highest BCUT2D eigenvalue weighted by Crippen LogP contribution is 2.50. The smallest absolute Gasteiger partial charge is 0.256 e. The molecule has 33 heavy (non-hydrogen) atoms. The average Bonchev–Trinajstić information content (AvgIpc) is 3.36. The van der Waals surface area contributed by atoms with E-state index >= 15 is 0 Å². The number of halogens is 1. The van der Waals surface area contributed by atoms with Crippen LogP contribution in [0.25, 0.3) is 0 Å². The van der Waals surface area contributed by atoms with Gasteiger partial charge in [0.1, 0.15) is 17.2 Å². The summed E-state index contributed by atoms with van der Waals surface area (Å²) in [5, 5.41) is 4.25. The highest BCUT2D eigenvalue weighted by molar-refractivity contribution is 7.80. The van der Waals surface area contributed by atoms with Gasteiger partial charge in [-0.15, -0.1) is 0 Å². The Bertz CT molecular complexity index is 1230. The number of carbonyl (C=O) groups is 1. The van der Waals surface area contributed by atoms with Crippen LogP contribution in [0.4, 0.5) is 5.69 Å². The summed E-state index contributed by atoms with van der Waals surface area (Å²) in [5.41, 5.74) is 2.31. The number of rotatable bonds is 4. The average molecular weight is 480 g/mol. The molecule has 8 heteroatoms. The summed E-state index contributed by atoms with van der Waals surface area (Å²) in [6.07, 6.45) is 0. The molecule has 0 aromatic heterocycles. The number of hydrogen-bond acceptors (Lipinski definition) is 4. The lowest BCUT2D eigenvalue weighted by atomic mass is 9.90. The zero-order valence-electron chi connectivity index (χ0n) is 18.2. The zero-order chi connectivity index (χ0) is 23.2. The van der Waals surface area contributed by atoms with Crippen molar-refractivity contribution in [1.82, 2.24) is 9.80 Å². The molecule has 168 valence electrons. The SMILES string of the molecule is COc1cc(Cl)cc(OC)c1NC(=S)N1CCN2C(=O)c3ccccc3C21c1ccccc1. The molecule has 1 fully saturated rings. The van der Waals surface area contributed by atoms with E-state index in [1.165, 1.54) is 0 Å². The summed E-state index contributed by atoms with van der Waals surface area (Å²) in [6, 6.07) is 21.1. The second-order valence-electron chi connectivity index (χ2n) is 7.81. The second kappa shape index (κ2) is 8.24. The fraction of sp³-hybridized carbons (Fsp3) is 0.200. The second-order valence-corrected chi connectivity index (χ2v) is 8.63. The van der Waals surface area contributed by atoms with Crippen LogP contribution in [0.3, 0.4) is 0 Å². The van der Waals surface area contributed by atoms with Crippen LogP contribution >= 0.6 is 23.8 Å². The maximum Gasteiger partial charge on any atom is 0.256 e. The molecule has 0 bridgehead atoms. The molecule has 3 aromatic rings. The van der Waals surface area contributed by atoms with Gasteiger partial charge < -0.3 is 24.6 Å². The van der Waals surface area contributed by atoms with Crippen molar-refractivity contribution in [3.8, 4) is 11.5 Å². The molecule has 2 heterocycles. The van der Waals surface area contributed by atoms with Crippen molar-refractivity contribution in [3.63, 3.8) is 0 Å². The maximum atomic E-state index is 13.4. The minimum Gasteiger partial charge on any atom is -0.494 e. The van der Waals surface area contributed by atoms with Gasteiger partial charge in [-0.25, -0.2) is 0 Å². The van der Waals surface area contributed by atoms with E-state index in [-0.39, 0.29) is 5.91 Å². The van der Waals surface area contributed by atoms with Crippen LogP contribution in [-0.2, 0) is 5.66 Å². The molecular weight excluding hydrogens is 458 g/mol. The Morgan fingerprint density at radius 2 is 1.64 bits per heavy atom. The molecule has 3 aromatic carbocycles. The summed E-state index contributed by atoms with van der Waals surface area (Å²) in [5.74, 6) is 1.02. The van der Waals surface area contributed by atoms with E-state index < -0.39 is 5.66 Å². The van der Waals surface area contributed by atoms with Crippen LogP contribution in [-0.4, -0.2) is 48.1 Å². The number of anilines is 1. The first-order chi connectivity index (χ1) is 16.0. The predicted octanol–water partition coefficient (Wildman–Crippen LogP) is 4.73. The number of nitrogens with zero attached hydrogens (tertiary/aromatic N) is 2. The van der Waals surface area contributed by atoms with E-state index in [4.69, 9.17) is 33.3 Å². The lowest BCUT2D eigenvalue weighted by molar-refractivity contribution is 0.0604. The van der Waals surface area contributed by atoms with E-state index in [0.29, 0.717) is 46.0 Å². The summed E-state index contributed by atoms with van der Waals surface area (Å²) in [6.45, 7) is 1.11. The van der Waals surface area contributed by atoms with Crippen molar-refractivity contribution in [3.05, 3.63) is 88.4 Å². The van der Waals surface area contributed by atoms with Crippen molar-refractivity contribution >= 4 is 40.5 Å². The number of fused-ring (bicyclic) bond motifs is 3. The van der Waals surface area contributed by atoms with Gasteiger partial charge in [-0.05, 0) is 18.3 Å². The number of carbonyl (C=O) groups excluding carboxylic acids is 1. The third kappa shape index (κ3) is 3.14. The summed E-state index contributed by atoms with van der Waals surface area (Å²) in [7, 11) is 3.13. The van der Waals surface area contributed by atoms with Crippen molar-refractivity contribution in [2.45, 2.75) is 5.66 Å². The Kier molecular flexibility index (Phi) is 5.38. The molecule has 0 aliphatic carbocycles. The van der Waals surface area contributed by atoms with Gasteiger partial charge in [0.05, 0.1) is 14.2 Å². The molecule has 6 nitrogen and oxygen atoms in total. The number of thiocarbonyl (C=S) groups is 1. The Hall–Kier alpha value is -3.29. The minimum absolute atomic E-state index is 0.00130. The van der Waals surface area contributed by atoms with Crippen molar-refractivity contribution in [2.75, 3.05) is 32.6 Å². The Labute approximate surface area is 202 Å². The van der Waals surface area contributed by atoms with Crippen LogP contribution in [0.5, 0.6) is 11.5 Å². The van der Waals surface area contributed by atoms with Gasteiger partial charge in [0.25, 0.3) is 5.91 Å². The van der Waals surface area contributed by atoms with Crippen molar-refractivity contribution in [2.24, 2.45) is 0 Å². The minimum atomic E-state index is -0.841.